The number of benzene rings is 3. The van der Waals surface area contributed by atoms with Crippen molar-refractivity contribution in [1.82, 2.24) is 0 Å². The van der Waals surface area contributed by atoms with Crippen molar-refractivity contribution in [2.75, 3.05) is 31.6 Å². The summed E-state index contributed by atoms with van der Waals surface area (Å²) in [6.45, 7) is 1.46. The maximum atomic E-state index is 13.6. The van der Waals surface area contributed by atoms with Crippen molar-refractivity contribution in [2.24, 2.45) is 0 Å². The third-order valence-electron chi connectivity index (χ3n) is 4.76. The van der Waals surface area contributed by atoms with Crippen LogP contribution in [-0.2, 0) is 4.74 Å². The molecule has 0 aliphatic heterocycles. The minimum absolute atomic E-state index is 0.262. The Balaban J connectivity index is 1.96. The van der Waals surface area contributed by atoms with Crippen LogP contribution in [0.4, 0.5) is 4.39 Å². The Morgan fingerprint density at radius 2 is 1.32 bits per heavy atom. The molecule has 2 nitrogen and oxygen atoms in total. The molecule has 0 aromatic heterocycles. The molecule has 0 bridgehead atoms. The second-order valence-electron chi connectivity index (χ2n) is 6.84. The largest absolute Gasteiger partial charge is 0.491 e. The summed E-state index contributed by atoms with van der Waals surface area (Å²) in [5.41, 5.74) is 5.20. The third kappa shape index (κ3) is 6.83. The van der Waals surface area contributed by atoms with Crippen molar-refractivity contribution in [1.29, 1.82) is 0 Å². The van der Waals surface area contributed by atoms with E-state index in [-0.39, 0.29) is 5.82 Å². The highest BCUT2D eigenvalue weighted by atomic mass is 35.5. The molecule has 0 saturated carbocycles. The number of hydrogen-bond donors (Lipinski definition) is 0. The molecule has 0 N–H and O–H groups in total. The quantitative estimate of drug-likeness (QED) is 0.174. The van der Waals surface area contributed by atoms with Crippen LogP contribution in [-0.4, -0.2) is 31.6 Å². The lowest BCUT2D eigenvalue weighted by molar-refractivity contribution is 0.111. The molecular formula is C26H25Cl2FO2. The van der Waals surface area contributed by atoms with E-state index in [1.807, 2.05) is 42.5 Å². The van der Waals surface area contributed by atoms with E-state index in [2.05, 4.69) is 12.1 Å². The first-order valence-electron chi connectivity index (χ1n) is 10.2. The fourth-order valence-electron chi connectivity index (χ4n) is 3.37. The van der Waals surface area contributed by atoms with Gasteiger partial charge in [-0.15, -0.1) is 23.2 Å². The molecule has 0 saturated heterocycles. The number of ether oxygens (including phenoxy) is 2. The van der Waals surface area contributed by atoms with Crippen LogP contribution in [0.2, 0.25) is 0 Å². The highest BCUT2D eigenvalue weighted by Gasteiger charge is 2.14. The van der Waals surface area contributed by atoms with Crippen LogP contribution in [0.15, 0.2) is 78.9 Å². The van der Waals surface area contributed by atoms with Gasteiger partial charge in [0.2, 0.25) is 0 Å². The summed E-state index contributed by atoms with van der Waals surface area (Å²) in [6.07, 6.45) is 0.689. The Morgan fingerprint density at radius 3 is 1.94 bits per heavy atom. The van der Waals surface area contributed by atoms with Gasteiger partial charge in [-0.1, -0.05) is 54.6 Å². The van der Waals surface area contributed by atoms with Gasteiger partial charge in [0.1, 0.15) is 18.2 Å². The van der Waals surface area contributed by atoms with E-state index >= 15 is 0 Å². The van der Waals surface area contributed by atoms with Crippen LogP contribution < -0.4 is 4.74 Å². The Kier molecular flexibility index (Phi) is 9.41. The summed E-state index contributed by atoms with van der Waals surface area (Å²) >= 11 is 11.8. The molecule has 0 heterocycles. The van der Waals surface area contributed by atoms with Crippen LogP contribution in [0.5, 0.6) is 5.75 Å². The minimum Gasteiger partial charge on any atom is -0.491 e. The maximum Gasteiger partial charge on any atom is 0.123 e. The molecule has 3 aromatic rings. The normalized spacial score (nSPS) is 11.8. The minimum atomic E-state index is -0.262. The van der Waals surface area contributed by atoms with Crippen LogP contribution >= 0.6 is 23.2 Å². The summed E-state index contributed by atoms with van der Waals surface area (Å²) in [7, 11) is 0. The first-order chi connectivity index (χ1) is 15.2. The molecular weight excluding hydrogens is 434 g/mol. The summed E-state index contributed by atoms with van der Waals surface area (Å²) < 4.78 is 24.7. The van der Waals surface area contributed by atoms with Gasteiger partial charge >= 0.3 is 0 Å². The Labute approximate surface area is 193 Å². The number of halogens is 3. The van der Waals surface area contributed by atoms with Crippen molar-refractivity contribution in [3.63, 3.8) is 0 Å². The maximum absolute atomic E-state index is 13.6. The fourth-order valence-corrected chi connectivity index (χ4v) is 3.67. The average Bonchev–Trinajstić information content (AvgIpc) is 2.81. The van der Waals surface area contributed by atoms with Crippen molar-refractivity contribution < 1.29 is 13.9 Å². The van der Waals surface area contributed by atoms with E-state index < -0.39 is 0 Å². The van der Waals surface area contributed by atoms with Crippen LogP contribution in [0.3, 0.4) is 0 Å². The van der Waals surface area contributed by atoms with Gasteiger partial charge in [0.25, 0.3) is 0 Å². The number of hydrogen-bond acceptors (Lipinski definition) is 2. The van der Waals surface area contributed by atoms with Gasteiger partial charge in [-0.2, -0.15) is 0 Å². The molecule has 0 atom stereocenters. The van der Waals surface area contributed by atoms with Crippen LogP contribution in [0.1, 0.15) is 23.1 Å². The SMILES string of the molecule is Fc1ccc(C(=C(CCCl)c2ccccc2)c2ccc(OCCOCCCl)cc2)cc1. The predicted molar refractivity (Wildman–Crippen MR) is 128 cm³/mol. The zero-order valence-electron chi connectivity index (χ0n) is 17.2. The van der Waals surface area contributed by atoms with Gasteiger partial charge in [0, 0.05) is 11.8 Å². The van der Waals surface area contributed by atoms with E-state index in [1.165, 1.54) is 12.1 Å². The number of allylic oxidation sites excluding steroid dienone is 1. The van der Waals surface area contributed by atoms with Gasteiger partial charge in [-0.05, 0) is 58.5 Å². The zero-order valence-corrected chi connectivity index (χ0v) is 18.7. The first-order valence-corrected chi connectivity index (χ1v) is 11.3. The van der Waals surface area contributed by atoms with Crippen molar-refractivity contribution in [3.8, 4) is 5.75 Å². The second kappa shape index (κ2) is 12.5. The number of rotatable bonds is 11. The Morgan fingerprint density at radius 1 is 0.677 bits per heavy atom. The molecule has 0 spiro atoms. The summed E-state index contributed by atoms with van der Waals surface area (Å²) in [4.78, 5) is 0. The van der Waals surface area contributed by atoms with Gasteiger partial charge in [-0.25, -0.2) is 4.39 Å². The average molecular weight is 459 g/mol. The smallest absolute Gasteiger partial charge is 0.123 e. The number of alkyl halides is 2. The molecule has 0 radical (unpaired) electrons. The van der Waals surface area contributed by atoms with E-state index in [0.29, 0.717) is 38.0 Å². The van der Waals surface area contributed by atoms with Gasteiger partial charge in [-0.3, -0.25) is 0 Å². The highest BCUT2D eigenvalue weighted by Crippen LogP contribution is 2.35. The van der Waals surface area contributed by atoms with Gasteiger partial charge < -0.3 is 9.47 Å². The van der Waals surface area contributed by atoms with E-state index in [4.69, 9.17) is 32.7 Å². The monoisotopic (exact) mass is 458 g/mol. The Hall–Kier alpha value is -2.33. The van der Waals surface area contributed by atoms with Crippen LogP contribution in [0, 0.1) is 5.82 Å². The molecule has 162 valence electrons. The molecule has 3 rings (SSSR count). The first kappa shape index (κ1) is 23.3. The van der Waals surface area contributed by atoms with Crippen LogP contribution in [0.25, 0.3) is 11.1 Å². The predicted octanol–water partition coefficient (Wildman–Crippen LogP) is 7.05. The van der Waals surface area contributed by atoms with Crippen molar-refractivity contribution in [2.45, 2.75) is 6.42 Å². The molecule has 0 aliphatic carbocycles. The van der Waals surface area contributed by atoms with Crippen molar-refractivity contribution in [3.05, 3.63) is 101 Å². The summed E-state index contributed by atoms with van der Waals surface area (Å²) in [6, 6.07) is 24.6. The standard InChI is InChI=1S/C26H25Cl2FO2/c27-15-14-25(20-4-2-1-3-5-20)26(21-6-10-23(29)11-7-21)22-8-12-24(13-9-22)31-19-18-30-17-16-28/h1-13H,14-19H2. The summed E-state index contributed by atoms with van der Waals surface area (Å²) in [5.74, 6) is 1.45. The highest BCUT2D eigenvalue weighted by molar-refractivity contribution is 6.19. The molecule has 0 amide bonds. The lowest BCUT2D eigenvalue weighted by atomic mass is 9.88. The fraction of sp³-hybridized carbons (Fsp3) is 0.231. The molecule has 0 aliphatic rings. The lowest BCUT2D eigenvalue weighted by Crippen LogP contribution is -2.08. The lowest BCUT2D eigenvalue weighted by Gasteiger charge is -2.17. The molecule has 31 heavy (non-hydrogen) atoms. The van der Waals surface area contributed by atoms with E-state index in [0.717, 1.165) is 33.6 Å². The van der Waals surface area contributed by atoms with Crippen molar-refractivity contribution >= 4 is 34.3 Å². The third-order valence-corrected chi connectivity index (χ3v) is 5.11. The Bertz CT molecular complexity index is 955. The zero-order chi connectivity index (χ0) is 21.9. The summed E-state index contributed by atoms with van der Waals surface area (Å²) in [5, 5.41) is 0. The molecule has 5 heteroatoms. The van der Waals surface area contributed by atoms with E-state index in [1.54, 1.807) is 12.1 Å². The van der Waals surface area contributed by atoms with E-state index in [9.17, 15) is 4.39 Å². The molecule has 0 fully saturated rings. The van der Waals surface area contributed by atoms with Gasteiger partial charge in [0.15, 0.2) is 0 Å². The molecule has 3 aromatic carbocycles. The second-order valence-corrected chi connectivity index (χ2v) is 7.60. The van der Waals surface area contributed by atoms with Gasteiger partial charge in [0.05, 0.1) is 13.2 Å². The molecule has 0 unspecified atom stereocenters. The topological polar surface area (TPSA) is 18.5 Å².